The highest BCUT2D eigenvalue weighted by molar-refractivity contribution is 5.40. The molecule has 1 atom stereocenters. The molecule has 0 radical (unpaired) electrons. The summed E-state index contributed by atoms with van der Waals surface area (Å²) in [6.07, 6.45) is -4.40. The Morgan fingerprint density at radius 3 is 2.20 bits per heavy atom. The molecule has 0 fully saturated rings. The number of hydrogen-bond donors (Lipinski definition) is 0. The van der Waals surface area contributed by atoms with E-state index in [0.29, 0.717) is 11.1 Å². The average molecular weight is 275 g/mol. The lowest BCUT2D eigenvalue weighted by Gasteiger charge is -2.13. The van der Waals surface area contributed by atoms with Crippen molar-refractivity contribution in [2.24, 2.45) is 0 Å². The van der Waals surface area contributed by atoms with E-state index < -0.39 is 17.7 Å². The van der Waals surface area contributed by atoms with Crippen LogP contribution in [0.5, 0.6) is 0 Å². The molecule has 0 amide bonds. The fourth-order valence-electron chi connectivity index (χ4n) is 1.99. The summed E-state index contributed by atoms with van der Waals surface area (Å²) >= 11 is 0. The van der Waals surface area contributed by atoms with Gasteiger partial charge < -0.3 is 0 Å². The van der Waals surface area contributed by atoms with Gasteiger partial charge in [0.1, 0.15) is 0 Å². The Labute approximate surface area is 115 Å². The molecule has 2 aromatic rings. The Morgan fingerprint density at radius 2 is 1.65 bits per heavy atom. The first-order chi connectivity index (χ1) is 9.41. The Bertz CT molecular complexity index is 636. The molecule has 0 aromatic heterocycles. The van der Waals surface area contributed by atoms with Crippen molar-refractivity contribution >= 4 is 0 Å². The van der Waals surface area contributed by atoms with E-state index in [4.69, 9.17) is 0 Å². The predicted molar refractivity (Wildman–Crippen MR) is 70.1 cm³/mol. The van der Waals surface area contributed by atoms with Crippen LogP contribution in [0, 0.1) is 18.3 Å². The van der Waals surface area contributed by atoms with Gasteiger partial charge >= 0.3 is 6.18 Å². The van der Waals surface area contributed by atoms with Gasteiger partial charge in [-0.15, -0.1) is 0 Å². The van der Waals surface area contributed by atoms with Crippen LogP contribution in [0.1, 0.15) is 28.2 Å². The van der Waals surface area contributed by atoms with Gasteiger partial charge in [0, 0.05) is 0 Å². The third-order valence-corrected chi connectivity index (χ3v) is 3.09. The van der Waals surface area contributed by atoms with Gasteiger partial charge in [0.05, 0.1) is 17.6 Å². The number of aryl methyl sites for hydroxylation is 1. The van der Waals surface area contributed by atoms with Crippen LogP contribution in [0.2, 0.25) is 0 Å². The zero-order valence-electron chi connectivity index (χ0n) is 10.8. The van der Waals surface area contributed by atoms with E-state index in [1.165, 1.54) is 6.07 Å². The summed E-state index contributed by atoms with van der Waals surface area (Å²) in [5.74, 6) is -0.696. The highest BCUT2D eigenvalue weighted by Gasteiger charge is 2.31. The Balaban J connectivity index is 2.43. The molecule has 2 rings (SSSR count). The van der Waals surface area contributed by atoms with Crippen LogP contribution in [0.4, 0.5) is 13.2 Å². The van der Waals surface area contributed by atoms with E-state index >= 15 is 0 Å². The number of halogens is 3. The molecule has 0 heterocycles. The molecule has 2 aromatic carbocycles. The van der Waals surface area contributed by atoms with Crippen molar-refractivity contribution in [1.29, 1.82) is 5.26 Å². The topological polar surface area (TPSA) is 23.8 Å². The van der Waals surface area contributed by atoms with E-state index in [1.807, 2.05) is 19.1 Å². The molecule has 0 N–H and O–H groups in total. The fraction of sp³-hybridized carbons (Fsp3) is 0.188. The average Bonchev–Trinajstić information content (AvgIpc) is 2.41. The lowest BCUT2D eigenvalue weighted by Crippen LogP contribution is -2.07. The molecule has 0 aliphatic carbocycles. The lowest BCUT2D eigenvalue weighted by molar-refractivity contribution is -0.137. The van der Waals surface area contributed by atoms with Crippen LogP contribution in [-0.2, 0) is 6.18 Å². The largest absolute Gasteiger partial charge is 0.416 e. The first-order valence-electron chi connectivity index (χ1n) is 6.05. The summed E-state index contributed by atoms with van der Waals surface area (Å²) in [6.45, 7) is 1.91. The van der Waals surface area contributed by atoms with Crippen molar-refractivity contribution in [3.63, 3.8) is 0 Å². The highest BCUT2D eigenvalue weighted by Crippen LogP contribution is 2.32. The van der Waals surface area contributed by atoms with Crippen LogP contribution in [0.25, 0.3) is 0 Å². The standard InChI is InChI=1S/C16H12F3N/c1-11-5-7-12(8-6-11)15(10-20)13-3-2-4-14(9-13)16(17,18)19/h2-9,15H,1H3. The maximum absolute atomic E-state index is 12.7. The van der Waals surface area contributed by atoms with Crippen LogP contribution < -0.4 is 0 Å². The van der Waals surface area contributed by atoms with E-state index in [0.717, 1.165) is 17.7 Å². The Kier molecular flexibility index (Phi) is 3.80. The zero-order chi connectivity index (χ0) is 14.8. The Morgan fingerprint density at radius 1 is 1.00 bits per heavy atom. The molecule has 20 heavy (non-hydrogen) atoms. The van der Waals surface area contributed by atoms with Gasteiger partial charge in [0.2, 0.25) is 0 Å². The summed E-state index contributed by atoms with van der Waals surface area (Å²) in [5, 5.41) is 9.26. The monoisotopic (exact) mass is 275 g/mol. The van der Waals surface area contributed by atoms with Gasteiger partial charge in [0.15, 0.2) is 0 Å². The molecule has 1 unspecified atom stereocenters. The van der Waals surface area contributed by atoms with E-state index in [-0.39, 0.29) is 0 Å². The second-order valence-electron chi connectivity index (χ2n) is 4.60. The molecule has 0 aliphatic rings. The van der Waals surface area contributed by atoms with Crippen LogP contribution in [0.15, 0.2) is 48.5 Å². The maximum atomic E-state index is 12.7. The minimum atomic E-state index is -4.40. The van der Waals surface area contributed by atoms with Crippen LogP contribution >= 0.6 is 0 Å². The molecular formula is C16H12F3N. The van der Waals surface area contributed by atoms with Crippen molar-refractivity contribution in [3.8, 4) is 6.07 Å². The number of nitrogens with zero attached hydrogens (tertiary/aromatic N) is 1. The first kappa shape index (κ1) is 14.1. The number of alkyl halides is 3. The van der Waals surface area contributed by atoms with Gasteiger partial charge in [-0.1, -0.05) is 48.0 Å². The van der Waals surface area contributed by atoms with Crippen molar-refractivity contribution in [3.05, 3.63) is 70.8 Å². The normalized spacial score (nSPS) is 12.8. The number of rotatable bonds is 2. The van der Waals surface area contributed by atoms with Gasteiger partial charge in [0.25, 0.3) is 0 Å². The quantitative estimate of drug-likeness (QED) is 0.781. The van der Waals surface area contributed by atoms with Crippen molar-refractivity contribution in [2.75, 3.05) is 0 Å². The van der Waals surface area contributed by atoms with Crippen molar-refractivity contribution in [1.82, 2.24) is 0 Å². The van der Waals surface area contributed by atoms with Crippen LogP contribution in [0.3, 0.4) is 0 Å². The third-order valence-electron chi connectivity index (χ3n) is 3.09. The Hall–Kier alpha value is -2.28. The summed E-state index contributed by atoms with van der Waals surface area (Å²) in [6, 6.07) is 14.2. The van der Waals surface area contributed by atoms with Crippen molar-refractivity contribution < 1.29 is 13.2 Å². The second kappa shape index (κ2) is 5.38. The van der Waals surface area contributed by atoms with Crippen LogP contribution in [-0.4, -0.2) is 0 Å². The highest BCUT2D eigenvalue weighted by atomic mass is 19.4. The molecule has 0 aliphatic heterocycles. The molecule has 0 saturated carbocycles. The van der Waals surface area contributed by atoms with Gasteiger partial charge in [-0.25, -0.2) is 0 Å². The molecule has 4 heteroatoms. The van der Waals surface area contributed by atoms with Crippen molar-refractivity contribution in [2.45, 2.75) is 19.0 Å². The number of hydrogen-bond acceptors (Lipinski definition) is 1. The SMILES string of the molecule is Cc1ccc(C(C#N)c2cccc(C(F)(F)F)c2)cc1. The summed E-state index contributed by atoms with van der Waals surface area (Å²) in [4.78, 5) is 0. The predicted octanol–water partition coefficient (Wildman–Crippen LogP) is 4.67. The molecule has 0 saturated heterocycles. The molecule has 102 valence electrons. The minimum Gasteiger partial charge on any atom is -0.197 e. The lowest BCUT2D eigenvalue weighted by atomic mass is 9.91. The fourth-order valence-corrected chi connectivity index (χ4v) is 1.99. The maximum Gasteiger partial charge on any atom is 0.416 e. The molecule has 0 spiro atoms. The molecule has 0 bridgehead atoms. The van der Waals surface area contributed by atoms with Gasteiger partial charge in [-0.05, 0) is 24.1 Å². The number of benzene rings is 2. The first-order valence-corrected chi connectivity index (χ1v) is 6.05. The van der Waals surface area contributed by atoms with E-state index in [1.54, 1.807) is 18.2 Å². The molecule has 1 nitrogen and oxygen atoms in total. The zero-order valence-corrected chi connectivity index (χ0v) is 10.8. The number of nitriles is 1. The summed E-state index contributed by atoms with van der Waals surface area (Å²) < 4.78 is 38.1. The van der Waals surface area contributed by atoms with E-state index in [9.17, 15) is 18.4 Å². The minimum absolute atomic E-state index is 0.353. The molecular weight excluding hydrogens is 263 g/mol. The summed E-state index contributed by atoms with van der Waals surface area (Å²) in [7, 11) is 0. The second-order valence-corrected chi connectivity index (χ2v) is 4.60. The van der Waals surface area contributed by atoms with E-state index in [2.05, 4.69) is 6.07 Å². The van der Waals surface area contributed by atoms with Gasteiger partial charge in [-0.3, -0.25) is 0 Å². The third kappa shape index (κ3) is 3.00. The smallest absolute Gasteiger partial charge is 0.197 e. The summed E-state index contributed by atoms with van der Waals surface area (Å²) in [5.41, 5.74) is 1.35. The van der Waals surface area contributed by atoms with Gasteiger partial charge in [-0.2, -0.15) is 18.4 Å².